The SMILES string of the molecule is CN(C)CCn1ccc2cc(NC(=O)Cn3[nH]c(=O)c4ccccc4c3=O)ccc21. The lowest BCUT2D eigenvalue weighted by Crippen LogP contribution is -2.34. The van der Waals surface area contributed by atoms with E-state index in [1.807, 2.05) is 44.6 Å². The minimum Gasteiger partial charge on any atom is -0.346 e. The Labute approximate surface area is 172 Å². The van der Waals surface area contributed by atoms with Crippen molar-refractivity contribution in [2.45, 2.75) is 13.1 Å². The second kappa shape index (κ2) is 8.00. The standard InChI is InChI=1S/C22H23N5O3/c1-25(2)11-12-26-10-9-15-13-16(7-8-19(15)26)23-20(28)14-27-22(30)18-6-4-3-5-17(18)21(29)24-27/h3-10,13H,11-12,14H2,1-2H3,(H,23,28)(H,24,29). The molecule has 2 aromatic carbocycles. The molecule has 0 spiro atoms. The molecule has 0 aliphatic heterocycles. The molecular weight excluding hydrogens is 382 g/mol. The average Bonchev–Trinajstić information content (AvgIpc) is 3.12. The van der Waals surface area contributed by atoms with Gasteiger partial charge in [-0.2, -0.15) is 0 Å². The highest BCUT2D eigenvalue weighted by Gasteiger charge is 2.11. The van der Waals surface area contributed by atoms with Crippen LogP contribution in [0.4, 0.5) is 5.69 Å². The summed E-state index contributed by atoms with van der Waals surface area (Å²) in [5.74, 6) is -0.394. The van der Waals surface area contributed by atoms with Crippen molar-refractivity contribution in [1.29, 1.82) is 0 Å². The number of aromatic nitrogens is 3. The summed E-state index contributed by atoms with van der Waals surface area (Å²) < 4.78 is 3.20. The van der Waals surface area contributed by atoms with Crippen molar-refractivity contribution in [1.82, 2.24) is 19.2 Å². The molecular formula is C22H23N5O3. The highest BCUT2D eigenvalue weighted by molar-refractivity contribution is 5.94. The Morgan fingerprint density at radius 1 is 1.07 bits per heavy atom. The second-order valence-electron chi connectivity index (χ2n) is 7.51. The van der Waals surface area contributed by atoms with E-state index in [-0.39, 0.29) is 11.9 Å². The van der Waals surface area contributed by atoms with Gasteiger partial charge in [0.15, 0.2) is 0 Å². The first-order chi connectivity index (χ1) is 14.4. The van der Waals surface area contributed by atoms with Crippen molar-refractivity contribution in [2.75, 3.05) is 26.0 Å². The molecule has 154 valence electrons. The van der Waals surface area contributed by atoms with E-state index in [0.29, 0.717) is 11.1 Å². The molecule has 0 aliphatic rings. The van der Waals surface area contributed by atoms with Gasteiger partial charge in [-0.3, -0.25) is 19.5 Å². The zero-order chi connectivity index (χ0) is 21.3. The summed E-state index contributed by atoms with van der Waals surface area (Å²) in [5, 5.41) is 6.88. The van der Waals surface area contributed by atoms with Gasteiger partial charge in [-0.05, 0) is 50.5 Å². The Morgan fingerprint density at radius 2 is 1.83 bits per heavy atom. The lowest BCUT2D eigenvalue weighted by atomic mass is 10.2. The first-order valence-electron chi connectivity index (χ1n) is 9.68. The Morgan fingerprint density at radius 3 is 2.60 bits per heavy atom. The molecule has 0 saturated carbocycles. The number of amides is 1. The lowest BCUT2D eigenvalue weighted by Gasteiger charge is -2.12. The number of benzene rings is 2. The molecule has 0 fully saturated rings. The molecule has 0 aliphatic carbocycles. The van der Waals surface area contributed by atoms with Gasteiger partial charge in [0.2, 0.25) is 5.91 Å². The molecule has 4 rings (SSSR count). The summed E-state index contributed by atoms with van der Waals surface area (Å²) in [4.78, 5) is 39.4. The van der Waals surface area contributed by atoms with Crippen LogP contribution in [-0.4, -0.2) is 45.8 Å². The van der Waals surface area contributed by atoms with E-state index in [1.165, 1.54) is 0 Å². The van der Waals surface area contributed by atoms with Gasteiger partial charge in [-0.15, -0.1) is 0 Å². The zero-order valence-corrected chi connectivity index (χ0v) is 16.9. The number of rotatable bonds is 6. The maximum atomic E-state index is 12.6. The first kappa shape index (κ1) is 19.7. The van der Waals surface area contributed by atoms with Crippen LogP contribution in [0.5, 0.6) is 0 Å². The molecule has 0 atom stereocenters. The first-order valence-corrected chi connectivity index (χ1v) is 9.68. The quantitative estimate of drug-likeness (QED) is 0.512. The van der Waals surface area contributed by atoms with Gasteiger partial charge >= 0.3 is 0 Å². The number of nitrogens with one attached hydrogen (secondary N) is 2. The summed E-state index contributed by atoms with van der Waals surface area (Å²) in [7, 11) is 4.07. The summed E-state index contributed by atoms with van der Waals surface area (Å²) in [5.41, 5.74) is 0.909. The molecule has 0 bridgehead atoms. The van der Waals surface area contributed by atoms with Crippen LogP contribution < -0.4 is 16.4 Å². The minimum absolute atomic E-state index is 0.277. The Balaban J connectivity index is 1.52. The molecule has 4 aromatic rings. The van der Waals surface area contributed by atoms with E-state index in [1.54, 1.807) is 24.3 Å². The van der Waals surface area contributed by atoms with Gasteiger partial charge in [-0.25, -0.2) is 4.68 Å². The molecule has 0 saturated heterocycles. The number of hydrogen-bond donors (Lipinski definition) is 2. The molecule has 30 heavy (non-hydrogen) atoms. The monoisotopic (exact) mass is 405 g/mol. The fraction of sp³-hybridized carbons (Fsp3) is 0.227. The van der Waals surface area contributed by atoms with Crippen molar-refractivity contribution in [3.8, 4) is 0 Å². The van der Waals surface area contributed by atoms with Gasteiger partial charge in [0.1, 0.15) is 6.54 Å². The molecule has 0 radical (unpaired) electrons. The highest BCUT2D eigenvalue weighted by Crippen LogP contribution is 2.20. The van der Waals surface area contributed by atoms with E-state index in [4.69, 9.17) is 0 Å². The van der Waals surface area contributed by atoms with Crippen molar-refractivity contribution in [3.63, 3.8) is 0 Å². The number of fused-ring (bicyclic) bond motifs is 2. The molecule has 2 heterocycles. The highest BCUT2D eigenvalue weighted by atomic mass is 16.2. The molecule has 2 N–H and O–H groups in total. The van der Waals surface area contributed by atoms with Crippen molar-refractivity contribution in [2.24, 2.45) is 0 Å². The van der Waals surface area contributed by atoms with Crippen LogP contribution in [0.25, 0.3) is 21.7 Å². The van der Waals surface area contributed by atoms with Crippen LogP contribution in [0.15, 0.2) is 64.3 Å². The van der Waals surface area contributed by atoms with E-state index in [9.17, 15) is 14.4 Å². The van der Waals surface area contributed by atoms with Crippen LogP contribution in [0, 0.1) is 0 Å². The van der Waals surface area contributed by atoms with E-state index >= 15 is 0 Å². The maximum Gasteiger partial charge on any atom is 0.273 e. The Bertz CT molecular complexity index is 1350. The molecule has 8 heteroatoms. The maximum absolute atomic E-state index is 12.6. The number of H-pyrrole nitrogens is 1. The Kier molecular flexibility index (Phi) is 5.24. The number of anilines is 1. The predicted octanol–water partition coefficient (Wildman–Crippen LogP) is 1.84. The van der Waals surface area contributed by atoms with Crippen molar-refractivity contribution in [3.05, 3.63) is 75.4 Å². The van der Waals surface area contributed by atoms with E-state index in [2.05, 4.69) is 19.9 Å². The van der Waals surface area contributed by atoms with E-state index < -0.39 is 17.0 Å². The van der Waals surface area contributed by atoms with Crippen LogP contribution in [0.3, 0.4) is 0 Å². The summed E-state index contributed by atoms with van der Waals surface area (Å²) in [6.45, 7) is 1.53. The fourth-order valence-corrected chi connectivity index (χ4v) is 3.48. The molecule has 1 amide bonds. The molecule has 8 nitrogen and oxygen atoms in total. The van der Waals surface area contributed by atoms with Gasteiger partial charge in [0.05, 0.1) is 10.8 Å². The fourth-order valence-electron chi connectivity index (χ4n) is 3.48. The third-order valence-corrected chi connectivity index (χ3v) is 5.03. The Hall–Kier alpha value is -3.65. The van der Waals surface area contributed by atoms with Gasteiger partial charge < -0.3 is 14.8 Å². The predicted molar refractivity (Wildman–Crippen MR) is 118 cm³/mol. The third kappa shape index (κ3) is 3.90. The zero-order valence-electron chi connectivity index (χ0n) is 16.9. The van der Waals surface area contributed by atoms with Crippen molar-refractivity contribution >= 4 is 33.3 Å². The summed E-state index contributed by atoms with van der Waals surface area (Å²) in [6.07, 6.45) is 2.03. The van der Waals surface area contributed by atoms with Crippen LogP contribution in [0.2, 0.25) is 0 Å². The number of likely N-dealkylation sites (N-methyl/N-ethyl adjacent to an activating group) is 1. The number of hydrogen-bond acceptors (Lipinski definition) is 4. The molecule has 0 unspecified atom stereocenters. The van der Waals surface area contributed by atoms with E-state index in [0.717, 1.165) is 28.7 Å². The van der Waals surface area contributed by atoms with Crippen LogP contribution in [0.1, 0.15) is 0 Å². The number of carbonyl (C=O) groups excluding carboxylic acids is 1. The normalized spacial score (nSPS) is 11.4. The van der Waals surface area contributed by atoms with Gasteiger partial charge in [0.25, 0.3) is 11.1 Å². The number of nitrogens with zero attached hydrogens (tertiary/aromatic N) is 3. The topological polar surface area (TPSA) is 92.1 Å². The summed E-state index contributed by atoms with van der Waals surface area (Å²) in [6, 6.07) is 14.2. The average molecular weight is 405 g/mol. The third-order valence-electron chi connectivity index (χ3n) is 5.03. The second-order valence-corrected chi connectivity index (χ2v) is 7.51. The lowest BCUT2D eigenvalue weighted by molar-refractivity contribution is -0.117. The van der Waals surface area contributed by atoms with Crippen LogP contribution in [-0.2, 0) is 17.9 Å². The van der Waals surface area contributed by atoms with Crippen LogP contribution >= 0.6 is 0 Å². The molecule has 2 aromatic heterocycles. The minimum atomic E-state index is -0.409. The van der Waals surface area contributed by atoms with Gasteiger partial charge in [-0.1, -0.05) is 12.1 Å². The summed E-state index contributed by atoms with van der Waals surface area (Å²) >= 11 is 0. The number of carbonyl (C=O) groups is 1. The number of aromatic amines is 1. The largest absolute Gasteiger partial charge is 0.346 e. The van der Waals surface area contributed by atoms with Gasteiger partial charge in [0, 0.05) is 35.9 Å². The van der Waals surface area contributed by atoms with Crippen molar-refractivity contribution < 1.29 is 4.79 Å². The smallest absolute Gasteiger partial charge is 0.273 e.